The van der Waals surface area contributed by atoms with Gasteiger partial charge in [-0.2, -0.15) is 0 Å². The van der Waals surface area contributed by atoms with Crippen LogP contribution in [0.2, 0.25) is 0 Å². The van der Waals surface area contributed by atoms with E-state index in [4.69, 9.17) is 0 Å². The van der Waals surface area contributed by atoms with Crippen molar-refractivity contribution in [1.82, 2.24) is 0 Å². The molecule has 0 aliphatic heterocycles. The fourth-order valence-corrected chi connectivity index (χ4v) is 11.4. The fraction of sp³-hybridized carbons (Fsp3) is 0. The molecule has 0 aliphatic carbocycles. The monoisotopic (exact) mass is 855 g/mol. The maximum absolute atomic E-state index is 2.42. The lowest BCUT2D eigenvalue weighted by molar-refractivity contribution is 1.29. The van der Waals surface area contributed by atoms with E-state index < -0.39 is 0 Å². The first-order valence-electron chi connectivity index (χ1n) is 22.7. The lowest BCUT2D eigenvalue weighted by Crippen LogP contribution is -2.10. The number of rotatable bonds is 7. The third kappa shape index (κ3) is 6.45. The summed E-state index contributed by atoms with van der Waals surface area (Å²) in [4.78, 5) is 2.42. The molecule has 66 heavy (non-hydrogen) atoms. The Balaban J connectivity index is 0.968. The summed E-state index contributed by atoms with van der Waals surface area (Å²) in [5.41, 5.74) is 13.0. The maximum atomic E-state index is 2.42. The van der Waals surface area contributed by atoms with Crippen molar-refractivity contribution >= 4 is 91.7 Å². The molecule has 0 saturated carbocycles. The summed E-state index contributed by atoms with van der Waals surface area (Å²) >= 11 is 1.86. The lowest BCUT2D eigenvalue weighted by Gasteiger charge is -2.26. The number of fused-ring (bicyclic) bond motifs is 9. The highest BCUT2D eigenvalue weighted by Crippen LogP contribution is 2.47. The zero-order valence-corrected chi connectivity index (χ0v) is 36.8. The first-order chi connectivity index (χ1) is 32.7. The lowest BCUT2D eigenvalue weighted by atomic mass is 9.84. The average molecular weight is 856 g/mol. The van der Waals surface area contributed by atoms with Crippen molar-refractivity contribution in [3.63, 3.8) is 0 Å². The zero-order valence-electron chi connectivity index (χ0n) is 36.0. The Morgan fingerprint density at radius 2 is 0.742 bits per heavy atom. The molecule has 1 aromatic heterocycles. The van der Waals surface area contributed by atoms with Crippen molar-refractivity contribution in [2.75, 3.05) is 4.90 Å². The van der Waals surface area contributed by atoms with Crippen LogP contribution < -0.4 is 4.90 Å². The normalized spacial score (nSPS) is 11.6. The summed E-state index contributed by atoms with van der Waals surface area (Å²) in [6.07, 6.45) is 0. The van der Waals surface area contributed by atoms with Crippen molar-refractivity contribution in [2.45, 2.75) is 0 Å². The number of benzene rings is 12. The molecule has 0 fully saturated rings. The van der Waals surface area contributed by atoms with Gasteiger partial charge in [0, 0.05) is 37.2 Å². The second-order valence-electron chi connectivity index (χ2n) is 17.2. The summed E-state index contributed by atoms with van der Waals surface area (Å²) in [6.45, 7) is 0. The molecule has 2 heteroatoms. The Hall–Kier alpha value is -8.30. The van der Waals surface area contributed by atoms with E-state index in [1.165, 1.54) is 102 Å². The molecule has 0 amide bonds. The SMILES string of the molecule is c1ccc(-c2c(-c3ccccc3)c3cc(-c4cccc(N(c5ccc(-c6ccc7c(ccc8ccccc87)c6)cc5)c5ccc6sc7ccccc7c6c5)c4)ccc3c3ccccc23)cc1. The van der Waals surface area contributed by atoms with Gasteiger partial charge in [-0.05, 0) is 148 Å². The summed E-state index contributed by atoms with van der Waals surface area (Å²) in [5, 5.41) is 12.7. The molecule has 0 radical (unpaired) electrons. The van der Waals surface area contributed by atoms with Gasteiger partial charge in [-0.15, -0.1) is 11.3 Å². The van der Waals surface area contributed by atoms with E-state index in [1.54, 1.807) is 0 Å². The third-order valence-electron chi connectivity index (χ3n) is 13.4. The van der Waals surface area contributed by atoms with Crippen LogP contribution in [0, 0.1) is 0 Å². The van der Waals surface area contributed by atoms with Crippen molar-refractivity contribution in [1.29, 1.82) is 0 Å². The van der Waals surface area contributed by atoms with E-state index in [2.05, 4.69) is 254 Å². The molecule has 0 atom stereocenters. The highest BCUT2D eigenvalue weighted by atomic mass is 32.1. The van der Waals surface area contributed by atoms with Crippen LogP contribution in [-0.2, 0) is 0 Å². The molecule has 0 saturated heterocycles. The topological polar surface area (TPSA) is 3.24 Å². The van der Waals surface area contributed by atoms with Gasteiger partial charge < -0.3 is 4.90 Å². The van der Waals surface area contributed by atoms with Gasteiger partial charge in [0.15, 0.2) is 0 Å². The van der Waals surface area contributed by atoms with E-state index in [0.29, 0.717) is 0 Å². The Morgan fingerprint density at radius 1 is 0.227 bits per heavy atom. The number of nitrogens with zero attached hydrogens (tertiary/aromatic N) is 1. The first kappa shape index (κ1) is 38.2. The van der Waals surface area contributed by atoms with Crippen LogP contribution >= 0.6 is 11.3 Å². The van der Waals surface area contributed by atoms with Crippen molar-refractivity contribution < 1.29 is 0 Å². The van der Waals surface area contributed by atoms with Gasteiger partial charge in [0.1, 0.15) is 0 Å². The highest BCUT2D eigenvalue weighted by Gasteiger charge is 2.20. The van der Waals surface area contributed by atoms with Crippen LogP contribution in [0.3, 0.4) is 0 Å². The van der Waals surface area contributed by atoms with Crippen LogP contribution in [0.25, 0.3) is 108 Å². The average Bonchev–Trinajstić information content (AvgIpc) is 3.77. The van der Waals surface area contributed by atoms with Gasteiger partial charge in [-0.25, -0.2) is 0 Å². The van der Waals surface area contributed by atoms with Crippen molar-refractivity contribution in [3.8, 4) is 44.5 Å². The molecule has 12 aromatic carbocycles. The summed E-state index contributed by atoms with van der Waals surface area (Å²) < 4.78 is 2.60. The summed E-state index contributed by atoms with van der Waals surface area (Å²) in [5.74, 6) is 0. The minimum atomic E-state index is 1.10. The van der Waals surface area contributed by atoms with Gasteiger partial charge in [-0.1, -0.05) is 188 Å². The Morgan fingerprint density at radius 3 is 1.53 bits per heavy atom. The molecule has 0 unspecified atom stereocenters. The molecule has 308 valence electrons. The number of hydrogen-bond acceptors (Lipinski definition) is 2. The van der Waals surface area contributed by atoms with Crippen LogP contribution in [0.15, 0.2) is 249 Å². The van der Waals surface area contributed by atoms with Gasteiger partial charge in [-0.3, -0.25) is 0 Å². The Bertz CT molecular complexity index is 3980. The number of anilines is 3. The minimum absolute atomic E-state index is 1.10. The molecular weight excluding hydrogens is 815 g/mol. The molecule has 1 nitrogen and oxygen atoms in total. The predicted octanol–water partition coefficient (Wildman–Crippen LogP) is 18.8. The molecule has 0 N–H and O–H groups in total. The fourth-order valence-electron chi connectivity index (χ4n) is 10.3. The maximum Gasteiger partial charge on any atom is 0.0468 e. The minimum Gasteiger partial charge on any atom is -0.310 e. The van der Waals surface area contributed by atoms with E-state index in [1.807, 2.05) is 11.3 Å². The largest absolute Gasteiger partial charge is 0.310 e. The molecular formula is C64H41NS. The Kier molecular flexibility index (Phi) is 9.11. The van der Waals surface area contributed by atoms with E-state index in [0.717, 1.165) is 22.6 Å². The van der Waals surface area contributed by atoms with Gasteiger partial charge in [0.25, 0.3) is 0 Å². The molecule has 0 aliphatic rings. The predicted molar refractivity (Wildman–Crippen MR) is 286 cm³/mol. The van der Waals surface area contributed by atoms with Crippen molar-refractivity contribution in [2.24, 2.45) is 0 Å². The molecule has 0 spiro atoms. The summed E-state index contributed by atoms with van der Waals surface area (Å²) in [7, 11) is 0. The highest BCUT2D eigenvalue weighted by molar-refractivity contribution is 7.25. The van der Waals surface area contributed by atoms with Crippen LogP contribution in [0.5, 0.6) is 0 Å². The first-order valence-corrected chi connectivity index (χ1v) is 23.5. The molecule has 13 rings (SSSR count). The van der Waals surface area contributed by atoms with Gasteiger partial charge >= 0.3 is 0 Å². The second kappa shape index (κ2) is 15.7. The Labute approximate surface area is 387 Å². The number of thiophene rings is 1. The van der Waals surface area contributed by atoms with E-state index in [9.17, 15) is 0 Å². The third-order valence-corrected chi connectivity index (χ3v) is 14.6. The zero-order chi connectivity index (χ0) is 43.6. The van der Waals surface area contributed by atoms with E-state index in [-0.39, 0.29) is 0 Å². The smallest absolute Gasteiger partial charge is 0.0468 e. The second-order valence-corrected chi connectivity index (χ2v) is 18.3. The van der Waals surface area contributed by atoms with Crippen molar-refractivity contribution in [3.05, 3.63) is 249 Å². The van der Waals surface area contributed by atoms with Gasteiger partial charge in [0.2, 0.25) is 0 Å². The van der Waals surface area contributed by atoms with Gasteiger partial charge in [0.05, 0.1) is 0 Å². The quantitative estimate of drug-likeness (QED) is 0.144. The van der Waals surface area contributed by atoms with E-state index >= 15 is 0 Å². The molecule has 0 bridgehead atoms. The van der Waals surface area contributed by atoms with Crippen LogP contribution in [0.4, 0.5) is 17.1 Å². The van der Waals surface area contributed by atoms with Crippen LogP contribution in [0.1, 0.15) is 0 Å². The standard InChI is InChI=1S/C64H41NS/c1-3-15-44(16-4-1)63-58-24-10-9-22-55(58)56-36-31-48(40-60(56)64(63)45-17-5-2-6-18-45)46-19-13-20-51(39-46)65(52-34-37-62-59(41-52)57-23-11-12-25-61(57)66-62)50-32-28-42(29-33-50)47-30-35-54-49(38-47)27-26-43-14-7-8-21-53(43)54/h1-41H. The number of hydrogen-bond donors (Lipinski definition) is 0. The molecule has 13 aromatic rings. The van der Waals surface area contributed by atoms with Crippen LogP contribution in [-0.4, -0.2) is 0 Å². The summed E-state index contributed by atoms with van der Waals surface area (Å²) in [6, 6.07) is 91.6. The molecule has 1 heterocycles.